The molecule has 0 atom stereocenters. The van der Waals surface area contributed by atoms with Gasteiger partial charge in [-0.1, -0.05) is 12.1 Å². The Bertz CT molecular complexity index is 736. The van der Waals surface area contributed by atoms with Crippen LogP contribution in [0.4, 0.5) is 18.9 Å². The maximum atomic E-state index is 12.3. The number of carbonyl (C=O) groups is 1. The highest BCUT2D eigenvalue weighted by molar-refractivity contribution is 5.91. The van der Waals surface area contributed by atoms with Gasteiger partial charge >= 0.3 is 6.18 Å². The largest absolute Gasteiger partial charge is 0.492 e. The first-order valence-corrected chi connectivity index (χ1v) is 8.01. The third-order valence-electron chi connectivity index (χ3n) is 3.12. The van der Waals surface area contributed by atoms with Crippen LogP contribution in [0.1, 0.15) is 0 Å². The summed E-state index contributed by atoms with van der Waals surface area (Å²) in [4.78, 5) is 12.0. The summed E-state index contributed by atoms with van der Waals surface area (Å²) < 4.78 is 52.1. The van der Waals surface area contributed by atoms with Crippen molar-refractivity contribution in [1.82, 2.24) is 0 Å². The Kier molecular flexibility index (Phi) is 7.30. The molecule has 6 nitrogen and oxygen atoms in total. The minimum atomic E-state index is -4.47. The quantitative estimate of drug-likeness (QED) is 0.695. The van der Waals surface area contributed by atoms with Gasteiger partial charge in [-0.25, -0.2) is 0 Å². The summed E-state index contributed by atoms with van der Waals surface area (Å²) in [6.07, 6.45) is -4.47. The Balaban J connectivity index is 1.86. The predicted molar refractivity (Wildman–Crippen MR) is 93.1 cm³/mol. The van der Waals surface area contributed by atoms with Gasteiger partial charge in [0.15, 0.2) is 24.7 Å². The lowest BCUT2D eigenvalue weighted by Gasteiger charge is -2.14. The Morgan fingerprint density at radius 2 is 1.59 bits per heavy atom. The zero-order valence-corrected chi connectivity index (χ0v) is 14.3. The van der Waals surface area contributed by atoms with Crippen molar-refractivity contribution in [3.8, 4) is 17.2 Å². The Morgan fingerprint density at radius 3 is 2.19 bits per heavy atom. The third-order valence-corrected chi connectivity index (χ3v) is 3.12. The molecule has 0 spiro atoms. The van der Waals surface area contributed by atoms with E-state index in [1.54, 1.807) is 30.3 Å². The summed E-state index contributed by atoms with van der Waals surface area (Å²) in [7, 11) is 0. The number of nitrogens with one attached hydrogen (secondary N) is 1. The monoisotopic (exact) mass is 384 g/mol. The minimum absolute atomic E-state index is 0.0439. The SMILES string of the molecule is NCCOc1ccc(NC(=O)COc2ccccc2OCC(F)(F)F)cc1. The van der Waals surface area contributed by atoms with E-state index in [-0.39, 0.29) is 11.5 Å². The summed E-state index contributed by atoms with van der Waals surface area (Å²) in [5.41, 5.74) is 5.86. The molecule has 0 bridgehead atoms. The van der Waals surface area contributed by atoms with Crippen molar-refractivity contribution in [2.45, 2.75) is 6.18 Å². The van der Waals surface area contributed by atoms with E-state index in [2.05, 4.69) is 5.32 Å². The smallest absolute Gasteiger partial charge is 0.422 e. The number of nitrogens with two attached hydrogens (primary N) is 1. The molecule has 0 unspecified atom stereocenters. The number of ether oxygens (including phenoxy) is 3. The number of alkyl halides is 3. The van der Waals surface area contributed by atoms with E-state index in [0.717, 1.165) is 0 Å². The second-order valence-corrected chi connectivity index (χ2v) is 5.35. The molecule has 0 aliphatic heterocycles. The normalized spacial score (nSPS) is 11.0. The molecule has 0 saturated carbocycles. The standard InChI is InChI=1S/C18H19F3N2O4/c19-18(20,21)12-27-16-4-2-1-3-15(16)26-11-17(24)23-13-5-7-14(8-6-13)25-10-9-22/h1-8H,9-12,22H2,(H,23,24). The first-order chi connectivity index (χ1) is 12.9. The molecule has 0 saturated heterocycles. The fourth-order valence-corrected chi connectivity index (χ4v) is 2.00. The first-order valence-electron chi connectivity index (χ1n) is 8.01. The molecule has 2 aromatic rings. The maximum absolute atomic E-state index is 12.3. The van der Waals surface area contributed by atoms with Gasteiger partial charge in [0.2, 0.25) is 0 Å². The van der Waals surface area contributed by atoms with E-state index in [4.69, 9.17) is 19.9 Å². The first kappa shape index (κ1) is 20.4. The molecule has 3 N–H and O–H groups in total. The molecule has 0 aliphatic carbocycles. The number of hydrogen-bond acceptors (Lipinski definition) is 5. The van der Waals surface area contributed by atoms with Crippen molar-refractivity contribution in [3.63, 3.8) is 0 Å². The summed E-state index contributed by atoms with van der Waals surface area (Å²) >= 11 is 0. The number of amides is 1. The summed E-state index contributed by atoms with van der Waals surface area (Å²) in [5.74, 6) is 0.0909. The van der Waals surface area contributed by atoms with Gasteiger partial charge in [0.05, 0.1) is 0 Å². The Morgan fingerprint density at radius 1 is 0.963 bits per heavy atom. The molecule has 2 aromatic carbocycles. The van der Waals surface area contributed by atoms with Crippen LogP contribution >= 0.6 is 0 Å². The molecule has 0 heterocycles. The van der Waals surface area contributed by atoms with Gasteiger partial charge in [-0.2, -0.15) is 13.2 Å². The van der Waals surface area contributed by atoms with E-state index in [1.165, 1.54) is 18.2 Å². The summed E-state index contributed by atoms with van der Waals surface area (Å²) in [6.45, 7) is -1.06. The van der Waals surface area contributed by atoms with Gasteiger partial charge in [0.1, 0.15) is 12.4 Å². The zero-order valence-electron chi connectivity index (χ0n) is 14.3. The van der Waals surface area contributed by atoms with Crippen molar-refractivity contribution < 1.29 is 32.2 Å². The molecule has 2 rings (SSSR count). The van der Waals surface area contributed by atoms with Gasteiger partial charge in [-0.05, 0) is 36.4 Å². The average molecular weight is 384 g/mol. The summed E-state index contributed by atoms with van der Waals surface area (Å²) in [6, 6.07) is 12.5. The highest BCUT2D eigenvalue weighted by Crippen LogP contribution is 2.28. The number of halogens is 3. The van der Waals surface area contributed by atoms with Crippen LogP contribution in [0, 0.1) is 0 Å². The summed E-state index contributed by atoms with van der Waals surface area (Å²) in [5, 5.41) is 2.61. The minimum Gasteiger partial charge on any atom is -0.492 e. The molecular weight excluding hydrogens is 365 g/mol. The number of rotatable bonds is 9. The van der Waals surface area contributed by atoms with Gasteiger partial charge in [0, 0.05) is 12.2 Å². The molecule has 1 amide bonds. The van der Waals surface area contributed by atoms with Crippen molar-refractivity contribution in [1.29, 1.82) is 0 Å². The number of hydrogen-bond donors (Lipinski definition) is 2. The zero-order chi connectivity index (χ0) is 19.7. The second-order valence-electron chi connectivity index (χ2n) is 5.35. The fourth-order valence-electron chi connectivity index (χ4n) is 2.00. The molecule has 0 aliphatic rings. The van der Waals surface area contributed by atoms with Crippen LogP contribution in [0.15, 0.2) is 48.5 Å². The highest BCUT2D eigenvalue weighted by atomic mass is 19.4. The van der Waals surface area contributed by atoms with Crippen LogP contribution < -0.4 is 25.3 Å². The fraction of sp³-hybridized carbons (Fsp3) is 0.278. The molecule has 146 valence electrons. The van der Waals surface area contributed by atoms with Crippen LogP contribution in [-0.2, 0) is 4.79 Å². The Labute approximate surface area is 154 Å². The number of benzene rings is 2. The van der Waals surface area contributed by atoms with Gasteiger partial charge in [-0.15, -0.1) is 0 Å². The molecule has 0 aromatic heterocycles. The van der Waals surface area contributed by atoms with Crippen molar-refractivity contribution >= 4 is 11.6 Å². The van der Waals surface area contributed by atoms with Gasteiger partial charge < -0.3 is 25.3 Å². The van der Waals surface area contributed by atoms with Crippen LogP contribution in [0.5, 0.6) is 17.2 Å². The van der Waals surface area contributed by atoms with Crippen molar-refractivity contribution in [2.24, 2.45) is 5.73 Å². The van der Waals surface area contributed by atoms with Crippen LogP contribution in [0.25, 0.3) is 0 Å². The van der Waals surface area contributed by atoms with Gasteiger partial charge in [0.25, 0.3) is 5.91 Å². The average Bonchev–Trinajstić information content (AvgIpc) is 2.64. The van der Waals surface area contributed by atoms with Crippen LogP contribution in [-0.4, -0.2) is 38.4 Å². The van der Waals surface area contributed by atoms with Crippen molar-refractivity contribution in [3.05, 3.63) is 48.5 Å². The second kappa shape index (κ2) is 9.67. The number of para-hydroxylation sites is 2. The molecule has 0 radical (unpaired) electrons. The lowest BCUT2D eigenvalue weighted by Crippen LogP contribution is -2.21. The highest BCUT2D eigenvalue weighted by Gasteiger charge is 2.29. The van der Waals surface area contributed by atoms with E-state index in [0.29, 0.717) is 24.6 Å². The molecule has 0 fully saturated rings. The lowest BCUT2D eigenvalue weighted by molar-refractivity contribution is -0.153. The van der Waals surface area contributed by atoms with Crippen LogP contribution in [0.3, 0.4) is 0 Å². The topological polar surface area (TPSA) is 82.8 Å². The lowest BCUT2D eigenvalue weighted by atomic mass is 10.3. The predicted octanol–water partition coefficient (Wildman–Crippen LogP) is 2.98. The van der Waals surface area contributed by atoms with E-state index in [1.807, 2.05) is 0 Å². The maximum Gasteiger partial charge on any atom is 0.422 e. The van der Waals surface area contributed by atoms with Crippen LogP contribution in [0.2, 0.25) is 0 Å². The molecule has 9 heteroatoms. The number of carbonyl (C=O) groups excluding carboxylic acids is 1. The van der Waals surface area contributed by atoms with E-state index >= 15 is 0 Å². The number of anilines is 1. The van der Waals surface area contributed by atoms with E-state index < -0.39 is 25.3 Å². The third kappa shape index (κ3) is 7.45. The van der Waals surface area contributed by atoms with Gasteiger partial charge in [-0.3, -0.25) is 4.79 Å². The Hall–Kier alpha value is -2.94. The van der Waals surface area contributed by atoms with E-state index in [9.17, 15) is 18.0 Å². The molecular formula is C18H19F3N2O4. The molecule has 27 heavy (non-hydrogen) atoms. The van der Waals surface area contributed by atoms with Crippen molar-refractivity contribution in [2.75, 3.05) is 31.7 Å².